The van der Waals surface area contributed by atoms with Crippen molar-refractivity contribution in [1.29, 1.82) is 0 Å². The van der Waals surface area contributed by atoms with E-state index in [1.165, 1.54) is 5.56 Å². The van der Waals surface area contributed by atoms with Crippen molar-refractivity contribution in [2.24, 2.45) is 4.40 Å². The first kappa shape index (κ1) is 32.7. The van der Waals surface area contributed by atoms with Gasteiger partial charge in [-0.2, -0.15) is 0 Å². The van der Waals surface area contributed by atoms with E-state index in [2.05, 4.69) is 58.1 Å². The SMILES string of the molecule is CC(C)c1cc(C(C)C)c(CS(=O)(=O)/N=C(\[O-])Oc2c(C(C)C)cccc2C(C)C)c(C(C)C)c1.[Na+]. The van der Waals surface area contributed by atoms with E-state index in [4.69, 9.17) is 4.74 Å². The third kappa shape index (κ3) is 8.34. The Morgan fingerprint density at radius 2 is 1.19 bits per heavy atom. The van der Waals surface area contributed by atoms with Gasteiger partial charge in [0, 0.05) is 5.75 Å². The van der Waals surface area contributed by atoms with Crippen LogP contribution in [0.4, 0.5) is 0 Å². The zero-order valence-electron chi connectivity index (χ0n) is 24.0. The number of sulfonamides is 1. The molecule has 0 amide bonds. The largest absolute Gasteiger partial charge is 1.00 e. The molecule has 0 fully saturated rings. The van der Waals surface area contributed by atoms with Crippen LogP contribution in [0.2, 0.25) is 0 Å². The Balaban J connectivity index is 0.00000648. The van der Waals surface area contributed by atoms with Crippen LogP contribution in [0.3, 0.4) is 0 Å². The molecule has 0 aliphatic heterocycles. The molecule has 36 heavy (non-hydrogen) atoms. The molecule has 0 saturated heterocycles. The summed E-state index contributed by atoms with van der Waals surface area (Å²) in [7, 11) is -4.11. The molecule has 0 N–H and O–H groups in total. The van der Waals surface area contributed by atoms with E-state index in [1.54, 1.807) is 0 Å². The molecule has 5 nitrogen and oxygen atoms in total. The minimum absolute atomic E-state index is 0. The molecule has 2 aromatic rings. The smallest absolute Gasteiger partial charge is 0.565 e. The predicted octanol–water partition coefficient (Wildman–Crippen LogP) is 3.93. The molecule has 0 aliphatic rings. The van der Waals surface area contributed by atoms with Crippen molar-refractivity contribution in [2.75, 3.05) is 0 Å². The summed E-state index contributed by atoms with van der Waals surface area (Å²) in [5.41, 5.74) is 5.60. The Morgan fingerprint density at radius 3 is 1.56 bits per heavy atom. The molecule has 0 aromatic heterocycles. The van der Waals surface area contributed by atoms with Crippen molar-refractivity contribution < 1.29 is 47.8 Å². The van der Waals surface area contributed by atoms with Crippen molar-refractivity contribution in [1.82, 2.24) is 0 Å². The number of hydrogen-bond acceptors (Lipinski definition) is 4. The second-order valence-corrected chi connectivity index (χ2v) is 12.5. The van der Waals surface area contributed by atoms with E-state index in [1.807, 2.05) is 45.9 Å². The summed E-state index contributed by atoms with van der Waals surface area (Å²) in [4.78, 5) is 0. The fourth-order valence-electron chi connectivity index (χ4n) is 4.31. The van der Waals surface area contributed by atoms with Crippen molar-refractivity contribution >= 4 is 16.1 Å². The van der Waals surface area contributed by atoms with Gasteiger partial charge in [-0.25, -0.2) is 8.42 Å². The Morgan fingerprint density at radius 1 is 0.778 bits per heavy atom. The predicted molar refractivity (Wildman–Crippen MR) is 144 cm³/mol. The zero-order valence-corrected chi connectivity index (χ0v) is 26.8. The van der Waals surface area contributed by atoms with E-state index in [0.29, 0.717) is 11.7 Å². The molecule has 0 heterocycles. The molecule has 0 saturated carbocycles. The van der Waals surface area contributed by atoms with Crippen LogP contribution in [-0.2, 0) is 15.8 Å². The quantitative estimate of drug-likeness (QED) is 0.283. The number of nitrogens with zero attached hydrogens (tertiary/aromatic N) is 1. The molecule has 194 valence electrons. The van der Waals surface area contributed by atoms with E-state index < -0.39 is 16.1 Å². The summed E-state index contributed by atoms with van der Waals surface area (Å²) in [5, 5.41) is 12.8. The summed E-state index contributed by atoms with van der Waals surface area (Å²) >= 11 is 0. The average molecular weight is 524 g/mol. The summed E-state index contributed by atoms with van der Waals surface area (Å²) < 4.78 is 35.4. The topological polar surface area (TPSA) is 78.8 Å². The first-order valence-electron chi connectivity index (χ1n) is 12.6. The second kappa shape index (κ2) is 13.5. The number of rotatable bonds is 9. The summed E-state index contributed by atoms with van der Waals surface area (Å²) in [6, 6.07) is 9.91. The van der Waals surface area contributed by atoms with E-state index in [9.17, 15) is 13.5 Å². The van der Waals surface area contributed by atoms with E-state index in [0.717, 1.165) is 27.8 Å². The molecule has 7 heteroatoms. The van der Waals surface area contributed by atoms with Crippen LogP contribution in [0.1, 0.15) is 132 Å². The van der Waals surface area contributed by atoms with Gasteiger partial charge in [-0.1, -0.05) is 99.6 Å². The molecule has 0 unspecified atom stereocenters. The minimum atomic E-state index is -4.11. The van der Waals surface area contributed by atoms with Crippen molar-refractivity contribution in [2.45, 2.75) is 105 Å². The van der Waals surface area contributed by atoms with Gasteiger partial charge in [0.25, 0.3) is 10.0 Å². The normalized spacial score (nSPS) is 12.7. The molecule has 0 atom stereocenters. The van der Waals surface area contributed by atoms with Gasteiger partial charge in [0.15, 0.2) is 6.08 Å². The van der Waals surface area contributed by atoms with Crippen LogP contribution in [0.5, 0.6) is 5.75 Å². The van der Waals surface area contributed by atoms with Gasteiger partial charge in [0.1, 0.15) is 0 Å². The molecular formula is C29H42NNaO4S. The maximum absolute atomic E-state index is 13.1. The number of ether oxygens (including phenoxy) is 1. The van der Waals surface area contributed by atoms with Crippen LogP contribution >= 0.6 is 0 Å². The summed E-state index contributed by atoms with van der Waals surface area (Å²) in [6.45, 7) is 20.5. The third-order valence-corrected chi connectivity index (χ3v) is 7.38. The molecular weight excluding hydrogens is 481 g/mol. The molecule has 0 radical (unpaired) electrons. The van der Waals surface area contributed by atoms with Gasteiger partial charge in [-0.05, 0) is 63.0 Å². The zero-order chi connectivity index (χ0) is 26.7. The molecule has 0 aliphatic carbocycles. The van der Waals surface area contributed by atoms with Gasteiger partial charge >= 0.3 is 29.6 Å². The standard InChI is InChI=1S/C29H43NO4S.Na/c1-17(2)22-14-25(20(7)8)27(26(15-22)21(9)10)16-35(32,33)30-29(31)34-28-23(18(3)4)12-11-13-24(28)19(5)6;/h11-15,17-21H,16H2,1-10H3,(H,30,31);/q;+1/p-1. The van der Waals surface area contributed by atoms with Crippen LogP contribution in [0.25, 0.3) is 0 Å². The number of benzene rings is 2. The monoisotopic (exact) mass is 523 g/mol. The van der Waals surface area contributed by atoms with Crippen molar-refractivity contribution in [3.05, 3.63) is 63.7 Å². The summed E-state index contributed by atoms with van der Waals surface area (Å²) in [5.74, 6) is 0.888. The average Bonchev–Trinajstić information content (AvgIpc) is 2.72. The number of para-hydroxylation sites is 1. The van der Waals surface area contributed by atoms with Gasteiger partial charge in [-0.3, -0.25) is 0 Å². The number of hydrogen-bond donors (Lipinski definition) is 0. The molecule has 2 rings (SSSR count). The first-order valence-corrected chi connectivity index (χ1v) is 14.2. The minimum Gasteiger partial charge on any atom is -0.565 e. The second-order valence-electron chi connectivity index (χ2n) is 10.9. The van der Waals surface area contributed by atoms with Crippen LogP contribution in [0, 0.1) is 0 Å². The maximum atomic E-state index is 13.1. The first-order chi connectivity index (χ1) is 16.1. The van der Waals surface area contributed by atoms with Crippen LogP contribution in [-0.4, -0.2) is 14.5 Å². The Labute approximate surface area is 241 Å². The van der Waals surface area contributed by atoms with Crippen LogP contribution in [0.15, 0.2) is 34.7 Å². The van der Waals surface area contributed by atoms with E-state index >= 15 is 0 Å². The van der Waals surface area contributed by atoms with Gasteiger partial charge < -0.3 is 9.84 Å². The Bertz CT molecular complexity index is 1110. The molecule has 0 spiro atoms. The van der Waals surface area contributed by atoms with E-state index in [-0.39, 0.29) is 59.0 Å². The Hall–Kier alpha value is -1.34. The van der Waals surface area contributed by atoms with Crippen molar-refractivity contribution in [3.8, 4) is 5.75 Å². The van der Waals surface area contributed by atoms with Crippen LogP contribution < -0.4 is 39.4 Å². The third-order valence-electron chi connectivity index (χ3n) is 6.30. The molecule has 2 aromatic carbocycles. The maximum Gasteiger partial charge on any atom is 1.00 e. The summed E-state index contributed by atoms with van der Waals surface area (Å²) in [6.07, 6.45) is -1.10. The fraction of sp³-hybridized carbons (Fsp3) is 0.552. The van der Waals surface area contributed by atoms with Gasteiger partial charge in [0.05, 0.1) is 5.75 Å². The van der Waals surface area contributed by atoms with Crippen molar-refractivity contribution in [3.63, 3.8) is 0 Å². The fourth-order valence-corrected chi connectivity index (χ4v) is 5.33. The van der Waals surface area contributed by atoms with Gasteiger partial charge in [-0.15, -0.1) is 4.40 Å². The van der Waals surface area contributed by atoms with Gasteiger partial charge in [0.2, 0.25) is 0 Å². The Kier molecular flexibility index (Phi) is 12.2. The molecule has 0 bridgehead atoms.